The van der Waals surface area contributed by atoms with Gasteiger partial charge in [0.05, 0.1) is 23.6 Å². The minimum absolute atomic E-state index is 0.0764. The zero-order valence-electron chi connectivity index (χ0n) is 13.3. The number of nitrogens with one attached hydrogen (secondary N) is 1. The molecule has 122 valence electrons. The molecule has 5 heteroatoms. The molecule has 3 atom stereocenters. The maximum Gasteiger partial charge on any atom is 0.274 e. The van der Waals surface area contributed by atoms with Crippen LogP contribution in [-0.2, 0) is 0 Å². The second kappa shape index (κ2) is 5.67. The zero-order valence-corrected chi connectivity index (χ0v) is 13.3. The Bertz CT molecular complexity index is 831. The van der Waals surface area contributed by atoms with E-state index >= 15 is 0 Å². The Labute approximate surface area is 140 Å². The molecule has 0 unspecified atom stereocenters. The van der Waals surface area contributed by atoms with Crippen molar-refractivity contribution < 1.29 is 9.66 Å². The fraction of sp³-hybridized carbons (Fsp3) is 0.263. The van der Waals surface area contributed by atoms with Gasteiger partial charge >= 0.3 is 0 Å². The number of rotatable bonds is 3. The molecule has 0 saturated heterocycles. The number of methoxy groups -OCH3 is 1. The van der Waals surface area contributed by atoms with E-state index in [4.69, 9.17) is 4.74 Å². The number of anilines is 1. The van der Waals surface area contributed by atoms with Gasteiger partial charge in [-0.3, -0.25) is 10.1 Å². The van der Waals surface area contributed by atoms with Crippen LogP contribution in [0.25, 0.3) is 0 Å². The third-order valence-electron chi connectivity index (χ3n) is 5.04. The predicted molar refractivity (Wildman–Crippen MR) is 92.4 cm³/mol. The number of hydrogen-bond donors (Lipinski definition) is 1. The first kappa shape index (κ1) is 14.8. The number of hydrogen-bond acceptors (Lipinski definition) is 4. The number of allylic oxidation sites excluding steroid dienone is 2. The summed E-state index contributed by atoms with van der Waals surface area (Å²) < 4.78 is 5.35. The van der Waals surface area contributed by atoms with Gasteiger partial charge in [-0.1, -0.05) is 30.4 Å². The lowest BCUT2D eigenvalue weighted by molar-refractivity contribution is -0.385. The van der Waals surface area contributed by atoms with Crippen molar-refractivity contribution >= 4 is 11.4 Å². The summed E-state index contributed by atoms with van der Waals surface area (Å²) in [5.74, 6) is 1.35. The van der Waals surface area contributed by atoms with Crippen molar-refractivity contribution in [3.05, 3.63) is 75.9 Å². The van der Waals surface area contributed by atoms with Crippen LogP contribution in [0.1, 0.15) is 29.5 Å². The molecule has 0 saturated carbocycles. The molecule has 1 heterocycles. The maximum atomic E-state index is 11.4. The second-order valence-corrected chi connectivity index (χ2v) is 6.24. The molecule has 2 aromatic carbocycles. The molecule has 1 N–H and O–H groups in total. The summed E-state index contributed by atoms with van der Waals surface area (Å²) in [6, 6.07) is 12.9. The highest BCUT2D eigenvalue weighted by atomic mass is 16.6. The van der Waals surface area contributed by atoms with E-state index < -0.39 is 0 Å². The fourth-order valence-corrected chi connectivity index (χ4v) is 3.92. The van der Waals surface area contributed by atoms with E-state index in [1.54, 1.807) is 19.2 Å². The van der Waals surface area contributed by atoms with E-state index in [0.29, 0.717) is 0 Å². The minimum atomic E-state index is -0.294. The van der Waals surface area contributed by atoms with Crippen LogP contribution in [0, 0.1) is 16.0 Å². The Morgan fingerprint density at radius 1 is 1.21 bits per heavy atom. The number of nitrogens with zero attached hydrogens (tertiary/aromatic N) is 1. The lowest BCUT2D eigenvalue weighted by atomic mass is 9.76. The Morgan fingerprint density at radius 3 is 2.83 bits per heavy atom. The number of fused-ring (bicyclic) bond motifs is 3. The summed E-state index contributed by atoms with van der Waals surface area (Å²) in [4.78, 5) is 11.1. The number of nitro benzene ring substituents is 1. The molecule has 24 heavy (non-hydrogen) atoms. The first-order valence-corrected chi connectivity index (χ1v) is 8.03. The number of benzene rings is 2. The van der Waals surface area contributed by atoms with Gasteiger partial charge in [0.2, 0.25) is 0 Å². The molecule has 2 aliphatic rings. The SMILES string of the molecule is COc1ccc2c(c1)[C@@H]1C=CC[C@H]1[C@@H](c1ccccc1[N+](=O)[O-])N2. The number of nitro groups is 1. The zero-order chi connectivity index (χ0) is 16.7. The minimum Gasteiger partial charge on any atom is -0.497 e. The molecule has 0 fully saturated rings. The molecule has 0 aromatic heterocycles. The van der Waals surface area contributed by atoms with Crippen molar-refractivity contribution in [1.29, 1.82) is 0 Å². The number of para-hydroxylation sites is 1. The molecule has 0 radical (unpaired) electrons. The first-order valence-electron chi connectivity index (χ1n) is 8.03. The van der Waals surface area contributed by atoms with Gasteiger partial charge in [-0.2, -0.15) is 0 Å². The van der Waals surface area contributed by atoms with Crippen LogP contribution in [0.2, 0.25) is 0 Å². The van der Waals surface area contributed by atoms with E-state index in [0.717, 1.165) is 23.4 Å². The van der Waals surface area contributed by atoms with Gasteiger partial charge in [0.15, 0.2) is 0 Å². The summed E-state index contributed by atoms with van der Waals surface area (Å²) in [7, 11) is 1.66. The van der Waals surface area contributed by atoms with Crippen LogP contribution in [0.15, 0.2) is 54.6 Å². The third kappa shape index (κ3) is 2.24. The van der Waals surface area contributed by atoms with Crippen LogP contribution in [0.5, 0.6) is 5.75 Å². The van der Waals surface area contributed by atoms with E-state index in [1.165, 1.54) is 5.56 Å². The smallest absolute Gasteiger partial charge is 0.274 e. The van der Waals surface area contributed by atoms with Crippen molar-refractivity contribution in [3.63, 3.8) is 0 Å². The van der Waals surface area contributed by atoms with Crippen molar-refractivity contribution in [2.24, 2.45) is 5.92 Å². The van der Waals surface area contributed by atoms with Crippen LogP contribution in [0.3, 0.4) is 0 Å². The lowest BCUT2D eigenvalue weighted by Crippen LogP contribution is -2.29. The molecule has 0 bridgehead atoms. The highest BCUT2D eigenvalue weighted by Gasteiger charge is 2.40. The molecule has 5 nitrogen and oxygen atoms in total. The second-order valence-electron chi connectivity index (χ2n) is 6.24. The van der Waals surface area contributed by atoms with Gasteiger partial charge in [0.25, 0.3) is 5.69 Å². The molecule has 2 aromatic rings. The Hall–Kier alpha value is -2.82. The lowest BCUT2D eigenvalue weighted by Gasteiger charge is -2.37. The average molecular weight is 322 g/mol. The first-order chi connectivity index (χ1) is 11.7. The quantitative estimate of drug-likeness (QED) is 0.516. The average Bonchev–Trinajstić information content (AvgIpc) is 3.10. The topological polar surface area (TPSA) is 64.4 Å². The predicted octanol–water partition coefficient (Wildman–Crippen LogP) is 4.43. The number of ether oxygens (including phenoxy) is 1. The van der Waals surface area contributed by atoms with Gasteiger partial charge in [-0.25, -0.2) is 0 Å². The molecule has 1 aliphatic heterocycles. The highest BCUT2D eigenvalue weighted by molar-refractivity contribution is 5.63. The van der Waals surface area contributed by atoms with Crippen molar-refractivity contribution in [1.82, 2.24) is 0 Å². The van der Waals surface area contributed by atoms with Gasteiger partial charge in [-0.05, 0) is 36.1 Å². The molecule has 1 aliphatic carbocycles. The fourth-order valence-electron chi connectivity index (χ4n) is 3.92. The molecule has 0 spiro atoms. The summed E-state index contributed by atoms with van der Waals surface area (Å²) in [5.41, 5.74) is 3.15. The van der Waals surface area contributed by atoms with Crippen molar-refractivity contribution in [2.75, 3.05) is 12.4 Å². The van der Waals surface area contributed by atoms with E-state index in [-0.39, 0.29) is 28.5 Å². The van der Waals surface area contributed by atoms with Crippen molar-refractivity contribution in [3.8, 4) is 5.75 Å². The van der Waals surface area contributed by atoms with Gasteiger partial charge in [0, 0.05) is 17.7 Å². The molecular formula is C19H18N2O3. The van der Waals surface area contributed by atoms with Crippen LogP contribution in [0.4, 0.5) is 11.4 Å². The Balaban J connectivity index is 1.81. The molecule has 0 amide bonds. The van der Waals surface area contributed by atoms with Gasteiger partial charge in [-0.15, -0.1) is 0 Å². The Kier molecular flexibility index (Phi) is 3.49. The standard InChI is InChI=1S/C19H18N2O3/c1-24-12-9-10-17-16(11-12)13-6-4-7-14(13)19(20-17)15-5-2-3-8-18(15)21(22)23/h2-6,8-11,13-14,19-20H,7H2,1H3/t13-,14-,19+/m1/s1. The summed E-state index contributed by atoms with van der Waals surface area (Å²) in [6.07, 6.45) is 5.30. The largest absolute Gasteiger partial charge is 0.497 e. The maximum absolute atomic E-state index is 11.4. The summed E-state index contributed by atoms with van der Waals surface area (Å²) >= 11 is 0. The summed E-state index contributed by atoms with van der Waals surface area (Å²) in [5, 5.41) is 15.0. The Morgan fingerprint density at radius 2 is 2.04 bits per heavy atom. The van der Waals surface area contributed by atoms with Crippen molar-refractivity contribution in [2.45, 2.75) is 18.4 Å². The normalized spacial score (nSPS) is 24.0. The highest BCUT2D eigenvalue weighted by Crippen LogP contribution is 2.51. The molecular weight excluding hydrogens is 304 g/mol. The monoisotopic (exact) mass is 322 g/mol. The van der Waals surface area contributed by atoms with Crippen LogP contribution in [-0.4, -0.2) is 12.0 Å². The van der Waals surface area contributed by atoms with E-state index in [2.05, 4.69) is 23.5 Å². The molecule has 4 rings (SSSR count). The van der Waals surface area contributed by atoms with E-state index in [1.807, 2.05) is 24.3 Å². The van der Waals surface area contributed by atoms with E-state index in [9.17, 15) is 10.1 Å². The van der Waals surface area contributed by atoms with Gasteiger partial charge in [0.1, 0.15) is 5.75 Å². The van der Waals surface area contributed by atoms with Crippen LogP contribution < -0.4 is 10.1 Å². The van der Waals surface area contributed by atoms with Crippen LogP contribution >= 0.6 is 0 Å². The summed E-state index contributed by atoms with van der Waals surface area (Å²) in [6.45, 7) is 0. The van der Waals surface area contributed by atoms with Gasteiger partial charge < -0.3 is 10.1 Å². The third-order valence-corrected chi connectivity index (χ3v) is 5.04.